The molecule has 1 atom stereocenters. The van der Waals surface area contributed by atoms with Gasteiger partial charge in [0.25, 0.3) is 0 Å². The Labute approximate surface area is 96.4 Å². The van der Waals surface area contributed by atoms with Crippen LogP contribution in [-0.2, 0) is 4.74 Å². The monoisotopic (exact) mass is 249 g/mol. The summed E-state index contributed by atoms with van der Waals surface area (Å²) in [6, 6.07) is 0. The van der Waals surface area contributed by atoms with E-state index in [1.165, 1.54) is 0 Å². The van der Waals surface area contributed by atoms with Gasteiger partial charge in [0, 0.05) is 13.1 Å². The molecule has 1 fully saturated rings. The summed E-state index contributed by atoms with van der Waals surface area (Å²) < 4.78 is 5.40. The minimum Gasteiger partial charge on any atom is -0.356 e. The molecule has 0 amide bonds. The summed E-state index contributed by atoms with van der Waals surface area (Å²) in [7, 11) is 0. The van der Waals surface area contributed by atoms with Gasteiger partial charge in [-0.05, 0) is 23.2 Å². The Kier molecular flexibility index (Phi) is 3.53. The van der Waals surface area contributed by atoms with Crippen molar-refractivity contribution < 1.29 is 4.74 Å². The van der Waals surface area contributed by atoms with E-state index in [1.807, 2.05) is 0 Å². The molecular weight excluding hydrogens is 241 g/mol. The lowest BCUT2D eigenvalue weighted by molar-refractivity contribution is 0.0463. The second-order valence-electron chi connectivity index (χ2n) is 2.90. The first kappa shape index (κ1) is 10.8. The number of halogens is 2. The maximum absolute atomic E-state index is 5.62. The normalized spacial score (nSPS) is 21.3. The molecule has 2 heterocycles. The molecule has 6 nitrogen and oxygen atoms in total. The zero-order valence-corrected chi connectivity index (χ0v) is 9.22. The number of nitrogens with zero attached hydrogens (tertiary/aromatic N) is 3. The van der Waals surface area contributed by atoms with Gasteiger partial charge in [0.2, 0.25) is 16.5 Å². The Morgan fingerprint density at radius 1 is 1.27 bits per heavy atom. The topological polar surface area (TPSA) is 72.0 Å². The van der Waals surface area contributed by atoms with Crippen LogP contribution in [-0.4, -0.2) is 40.9 Å². The first-order valence-electron chi connectivity index (χ1n) is 4.40. The molecule has 1 saturated heterocycles. The number of hydrogen-bond donors (Lipinski definition) is 2. The highest BCUT2D eigenvalue weighted by Crippen LogP contribution is 2.10. The lowest BCUT2D eigenvalue weighted by Crippen LogP contribution is -2.43. The van der Waals surface area contributed by atoms with E-state index in [-0.39, 0.29) is 16.8 Å². The molecule has 2 rings (SSSR count). The summed E-state index contributed by atoms with van der Waals surface area (Å²) in [4.78, 5) is 11.4. The van der Waals surface area contributed by atoms with Crippen molar-refractivity contribution in [1.29, 1.82) is 0 Å². The fraction of sp³-hybridized carbons (Fsp3) is 0.571. The summed E-state index contributed by atoms with van der Waals surface area (Å²) >= 11 is 11.2. The summed E-state index contributed by atoms with van der Waals surface area (Å²) in [6.45, 7) is 2.17. The summed E-state index contributed by atoms with van der Waals surface area (Å²) in [6.07, 6.45) is -0.173. The molecule has 1 aromatic rings. The van der Waals surface area contributed by atoms with Crippen molar-refractivity contribution in [3.8, 4) is 0 Å². The Bertz CT molecular complexity index is 324. The van der Waals surface area contributed by atoms with Crippen LogP contribution in [0.25, 0.3) is 0 Å². The SMILES string of the molecule is Clc1nc(Cl)nc(NC2CNCCO2)n1. The molecule has 0 aromatic carbocycles. The molecule has 0 saturated carbocycles. The fourth-order valence-corrected chi connectivity index (χ4v) is 1.56. The van der Waals surface area contributed by atoms with Crippen LogP contribution >= 0.6 is 23.2 Å². The van der Waals surface area contributed by atoms with E-state index in [9.17, 15) is 0 Å². The van der Waals surface area contributed by atoms with Gasteiger partial charge in [-0.25, -0.2) is 0 Å². The lowest BCUT2D eigenvalue weighted by Gasteiger charge is -2.24. The van der Waals surface area contributed by atoms with Crippen LogP contribution in [0.3, 0.4) is 0 Å². The van der Waals surface area contributed by atoms with Gasteiger partial charge in [0.05, 0.1) is 6.61 Å². The number of aromatic nitrogens is 3. The van der Waals surface area contributed by atoms with E-state index in [4.69, 9.17) is 27.9 Å². The van der Waals surface area contributed by atoms with E-state index >= 15 is 0 Å². The molecule has 1 aliphatic rings. The minimum atomic E-state index is -0.173. The third-order valence-electron chi connectivity index (χ3n) is 1.80. The lowest BCUT2D eigenvalue weighted by atomic mass is 10.4. The third-order valence-corrected chi connectivity index (χ3v) is 2.14. The number of morpholine rings is 1. The van der Waals surface area contributed by atoms with Crippen molar-refractivity contribution in [1.82, 2.24) is 20.3 Å². The predicted molar refractivity (Wildman–Crippen MR) is 56.1 cm³/mol. The van der Waals surface area contributed by atoms with Gasteiger partial charge in [-0.2, -0.15) is 15.0 Å². The van der Waals surface area contributed by atoms with Crippen LogP contribution in [0, 0.1) is 0 Å². The van der Waals surface area contributed by atoms with E-state index in [2.05, 4.69) is 25.6 Å². The smallest absolute Gasteiger partial charge is 0.230 e. The molecule has 2 N–H and O–H groups in total. The van der Waals surface area contributed by atoms with Crippen molar-refractivity contribution >= 4 is 29.2 Å². The highest BCUT2D eigenvalue weighted by molar-refractivity contribution is 6.31. The Balaban J connectivity index is 2.02. The quantitative estimate of drug-likeness (QED) is 0.798. The first-order chi connectivity index (χ1) is 7.24. The Hall–Kier alpha value is -0.690. The zero-order chi connectivity index (χ0) is 10.7. The maximum atomic E-state index is 5.62. The Morgan fingerprint density at radius 2 is 2.00 bits per heavy atom. The van der Waals surface area contributed by atoms with E-state index < -0.39 is 0 Å². The molecule has 0 aliphatic carbocycles. The van der Waals surface area contributed by atoms with Crippen molar-refractivity contribution in [2.75, 3.05) is 25.0 Å². The molecule has 1 aromatic heterocycles. The first-order valence-corrected chi connectivity index (χ1v) is 5.15. The van der Waals surface area contributed by atoms with Crippen LogP contribution in [0.4, 0.5) is 5.95 Å². The molecule has 8 heteroatoms. The van der Waals surface area contributed by atoms with Crippen molar-refractivity contribution in [2.24, 2.45) is 0 Å². The van der Waals surface area contributed by atoms with Gasteiger partial charge in [0.15, 0.2) is 0 Å². The van der Waals surface area contributed by atoms with Crippen LogP contribution in [0.2, 0.25) is 10.6 Å². The Morgan fingerprint density at radius 3 is 2.60 bits per heavy atom. The van der Waals surface area contributed by atoms with Gasteiger partial charge in [-0.1, -0.05) is 0 Å². The maximum Gasteiger partial charge on any atom is 0.230 e. The second kappa shape index (κ2) is 4.89. The summed E-state index contributed by atoms with van der Waals surface area (Å²) in [5.74, 6) is 0.314. The zero-order valence-electron chi connectivity index (χ0n) is 7.70. The van der Waals surface area contributed by atoms with Gasteiger partial charge in [-0.3, -0.25) is 0 Å². The molecule has 1 unspecified atom stereocenters. The number of ether oxygens (including phenoxy) is 1. The fourth-order valence-electron chi connectivity index (χ4n) is 1.19. The number of anilines is 1. The van der Waals surface area contributed by atoms with Crippen molar-refractivity contribution in [3.63, 3.8) is 0 Å². The molecule has 0 spiro atoms. The van der Waals surface area contributed by atoms with Gasteiger partial charge in [-0.15, -0.1) is 0 Å². The largest absolute Gasteiger partial charge is 0.356 e. The average molecular weight is 250 g/mol. The molecule has 0 radical (unpaired) electrons. The van der Waals surface area contributed by atoms with Gasteiger partial charge >= 0.3 is 0 Å². The van der Waals surface area contributed by atoms with Crippen molar-refractivity contribution in [2.45, 2.75) is 6.23 Å². The van der Waals surface area contributed by atoms with E-state index in [0.717, 1.165) is 6.54 Å². The molecular formula is C7H9Cl2N5O. The van der Waals surface area contributed by atoms with Gasteiger partial charge < -0.3 is 15.4 Å². The third kappa shape index (κ3) is 3.13. The van der Waals surface area contributed by atoms with Crippen molar-refractivity contribution in [3.05, 3.63) is 10.6 Å². The molecule has 1 aliphatic heterocycles. The van der Waals surface area contributed by atoms with Crippen LogP contribution in [0.5, 0.6) is 0 Å². The molecule has 0 bridgehead atoms. The standard InChI is InChI=1S/C7H9Cl2N5O/c8-5-12-6(9)14-7(13-5)11-4-3-10-1-2-15-4/h4,10H,1-3H2,(H,11,12,13,14). The highest BCUT2D eigenvalue weighted by Gasteiger charge is 2.14. The second-order valence-corrected chi connectivity index (χ2v) is 3.58. The van der Waals surface area contributed by atoms with E-state index in [1.54, 1.807) is 0 Å². The van der Waals surface area contributed by atoms with Gasteiger partial charge in [0.1, 0.15) is 6.23 Å². The number of hydrogen-bond acceptors (Lipinski definition) is 6. The predicted octanol–water partition coefficient (Wildman–Crippen LogP) is 0.536. The van der Waals surface area contributed by atoms with Crippen LogP contribution < -0.4 is 10.6 Å². The average Bonchev–Trinajstić information content (AvgIpc) is 2.17. The van der Waals surface area contributed by atoms with Crippen LogP contribution in [0.15, 0.2) is 0 Å². The van der Waals surface area contributed by atoms with E-state index in [0.29, 0.717) is 19.1 Å². The van der Waals surface area contributed by atoms with Crippen LogP contribution in [0.1, 0.15) is 0 Å². The minimum absolute atomic E-state index is 0.0567. The highest BCUT2D eigenvalue weighted by atomic mass is 35.5. The molecule has 15 heavy (non-hydrogen) atoms. The number of rotatable bonds is 2. The number of nitrogens with one attached hydrogen (secondary N) is 2. The summed E-state index contributed by atoms with van der Waals surface area (Å²) in [5.41, 5.74) is 0. The summed E-state index contributed by atoms with van der Waals surface area (Å²) in [5, 5.41) is 6.22. The molecule has 82 valence electrons.